The highest BCUT2D eigenvalue weighted by Gasteiger charge is 2.25. The first-order valence-electron chi connectivity index (χ1n) is 11.9. The minimum Gasteiger partial charge on any atom is -0.322 e. The summed E-state index contributed by atoms with van der Waals surface area (Å²) in [6.45, 7) is 1.04. The Morgan fingerprint density at radius 3 is 1.89 bits per heavy atom. The number of halogens is 1. The number of hydrogen-bond donors (Lipinski definition) is 1. The van der Waals surface area contributed by atoms with Crippen LogP contribution in [0, 0.1) is 0 Å². The van der Waals surface area contributed by atoms with Crippen LogP contribution in [-0.2, 0) is 20.0 Å². The highest BCUT2D eigenvalue weighted by molar-refractivity contribution is 7.92. The fraction of sp³-hybridized carbons (Fsp3) is 0.269. The molecule has 4 rings (SSSR count). The molecule has 196 valence electrons. The zero-order chi connectivity index (χ0) is 26.6. The normalized spacial score (nSPS) is 15.1. The molecule has 0 spiro atoms. The molecule has 1 heterocycles. The summed E-state index contributed by atoms with van der Waals surface area (Å²) in [5, 5.41) is 3.18. The van der Waals surface area contributed by atoms with Gasteiger partial charge >= 0.3 is 0 Å². The molecule has 0 unspecified atom stereocenters. The Bertz CT molecular complexity index is 1450. The minimum absolute atomic E-state index is 0.0996. The summed E-state index contributed by atoms with van der Waals surface area (Å²) in [7, 11) is -5.93. The third kappa shape index (κ3) is 6.15. The number of sulfonamides is 2. The van der Waals surface area contributed by atoms with E-state index in [9.17, 15) is 21.6 Å². The van der Waals surface area contributed by atoms with Gasteiger partial charge in [0.15, 0.2) is 0 Å². The predicted octanol–water partition coefficient (Wildman–Crippen LogP) is 4.98. The molecule has 0 saturated carbocycles. The first-order valence-corrected chi connectivity index (χ1v) is 15.1. The molecule has 1 aliphatic heterocycles. The number of amides is 1. The van der Waals surface area contributed by atoms with Crippen LogP contribution in [0.15, 0.2) is 82.6 Å². The van der Waals surface area contributed by atoms with Crippen molar-refractivity contribution in [1.82, 2.24) is 4.31 Å². The first-order chi connectivity index (χ1) is 17.6. The Kier molecular flexibility index (Phi) is 8.23. The van der Waals surface area contributed by atoms with Gasteiger partial charge in [0.05, 0.1) is 15.5 Å². The number of rotatable bonds is 7. The van der Waals surface area contributed by atoms with E-state index in [2.05, 4.69) is 5.32 Å². The molecule has 1 N–H and O–H groups in total. The van der Waals surface area contributed by atoms with Gasteiger partial charge in [0.1, 0.15) is 0 Å². The van der Waals surface area contributed by atoms with Crippen molar-refractivity contribution in [2.24, 2.45) is 0 Å². The van der Waals surface area contributed by atoms with Crippen LogP contribution in [0.2, 0.25) is 5.02 Å². The van der Waals surface area contributed by atoms with Crippen LogP contribution in [0.3, 0.4) is 0 Å². The van der Waals surface area contributed by atoms with Gasteiger partial charge in [0.25, 0.3) is 15.9 Å². The SMILES string of the molecule is CN(c1ccc(C(=O)Nc2ccc(S(=O)(=O)N3CCCCCC3)cc2)cc1)S(=O)(=O)c1ccc(Cl)cc1. The molecular weight excluding hydrogens is 534 g/mol. The van der Waals surface area contributed by atoms with Gasteiger partial charge < -0.3 is 5.32 Å². The van der Waals surface area contributed by atoms with Crippen molar-refractivity contribution in [3.05, 3.63) is 83.4 Å². The summed E-state index contributed by atoms with van der Waals surface area (Å²) in [5.41, 5.74) is 1.16. The maximum Gasteiger partial charge on any atom is 0.264 e. The second-order valence-electron chi connectivity index (χ2n) is 8.77. The quantitative estimate of drug-likeness (QED) is 0.438. The third-order valence-corrected chi connectivity index (χ3v) is 10.2. The van der Waals surface area contributed by atoms with Crippen molar-refractivity contribution in [3.8, 4) is 0 Å². The maximum atomic E-state index is 12.9. The van der Waals surface area contributed by atoms with E-state index in [0.29, 0.717) is 35.1 Å². The van der Waals surface area contributed by atoms with Crippen molar-refractivity contribution in [2.75, 3.05) is 29.8 Å². The second kappa shape index (κ2) is 11.2. The lowest BCUT2D eigenvalue weighted by Gasteiger charge is -2.20. The summed E-state index contributed by atoms with van der Waals surface area (Å²) >= 11 is 5.85. The van der Waals surface area contributed by atoms with Crippen molar-refractivity contribution in [3.63, 3.8) is 0 Å². The van der Waals surface area contributed by atoms with Crippen LogP contribution in [0.5, 0.6) is 0 Å². The van der Waals surface area contributed by atoms with E-state index >= 15 is 0 Å². The molecular formula is C26H28ClN3O5S2. The lowest BCUT2D eigenvalue weighted by Crippen LogP contribution is -2.31. The number of benzene rings is 3. The lowest BCUT2D eigenvalue weighted by molar-refractivity contribution is 0.102. The van der Waals surface area contributed by atoms with Gasteiger partial charge in [-0.1, -0.05) is 24.4 Å². The average molecular weight is 562 g/mol. The summed E-state index contributed by atoms with van der Waals surface area (Å²) in [6.07, 6.45) is 3.78. The van der Waals surface area contributed by atoms with Crippen LogP contribution in [0.1, 0.15) is 36.0 Å². The van der Waals surface area contributed by atoms with Gasteiger partial charge in [0.2, 0.25) is 10.0 Å². The molecule has 1 saturated heterocycles. The van der Waals surface area contributed by atoms with E-state index in [4.69, 9.17) is 11.6 Å². The molecule has 3 aromatic rings. The summed E-state index contributed by atoms with van der Waals surface area (Å²) < 4.78 is 54.3. The van der Waals surface area contributed by atoms with E-state index in [0.717, 1.165) is 30.0 Å². The number of carbonyl (C=O) groups is 1. The Balaban J connectivity index is 1.43. The lowest BCUT2D eigenvalue weighted by atomic mass is 10.2. The van der Waals surface area contributed by atoms with Gasteiger partial charge in [-0.25, -0.2) is 16.8 Å². The van der Waals surface area contributed by atoms with Crippen LogP contribution < -0.4 is 9.62 Å². The van der Waals surface area contributed by atoms with Crippen molar-refractivity contribution < 1.29 is 21.6 Å². The molecule has 0 atom stereocenters. The summed E-state index contributed by atoms with van der Waals surface area (Å²) in [5.74, 6) is -0.405. The van der Waals surface area contributed by atoms with Crippen molar-refractivity contribution in [1.29, 1.82) is 0 Å². The highest BCUT2D eigenvalue weighted by Crippen LogP contribution is 2.25. The summed E-state index contributed by atoms with van der Waals surface area (Å²) in [4.78, 5) is 13.0. The fourth-order valence-electron chi connectivity index (χ4n) is 4.07. The smallest absolute Gasteiger partial charge is 0.264 e. The second-order valence-corrected chi connectivity index (χ2v) is 13.1. The Labute approximate surface area is 223 Å². The minimum atomic E-state index is -3.80. The zero-order valence-corrected chi connectivity index (χ0v) is 22.7. The maximum absolute atomic E-state index is 12.9. The van der Waals surface area contributed by atoms with Gasteiger partial charge in [-0.05, 0) is 85.6 Å². The number of nitrogens with one attached hydrogen (secondary N) is 1. The fourth-order valence-corrected chi connectivity index (χ4v) is 6.91. The van der Waals surface area contributed by atoms with E-state index in [1.165, 1.54) is 59.9 Å². The number of hydrogen-bond acceptors (Lipinski definition) is 5. The van der Waals surface area contributed by atoms with Crippen LogP contribution in [0.4, 0.5) is 11.4 Å². The topological polar surface area (TPSA) is 104 Å². The third-order valence-electron chi connectivity index (χ3n) is 6.28. The van der Waals surface area contributed by atoms with E-state index in [1.54, 1.807) is 24.3 Å². The zero-order valence-electron chi connectivity index (χ0n) is 20.3. The van der Waals surface area contributed by atoms with Gasteiger partial charge in [-0.15, -0.1) is 0 Å². The van der Waals surface area contributed by atoms with Crippen LogP contribution >= 0.6 is 11.6 Å². The van der Waals surface area contributed by atoms with Crippen LogP contribution in [-0.4, -0.2) is 47.2 Å². The number of nitrogens with zero attached hydrogens (tertiary/aromatic N) is 2. The van der Waals surface area contributed by atoms with E-state index in [1.807, 2.05) is 0 Å². The van der Waals surface area contributed by atoms with Crippen molar-refractivity contribution >= 4 is 48.9 Å². The molecule has 0 aliphatic carbocycles. The molecule has 1 aliphatic rings. The molecule has 37 heavy (non-hydrogen) atoms. The predicted molar refractivity (Wildman–Crippen MR) is 145 cm³/mol. The molecule has 3 aromatic carbocycles. The molecule has 11 heteroatoms. The molecule has 8 nitrogen and oxygen atoms in total. The van der Waals surface area contributed by atoms with Gasteiger partial charge in [0, 0.05) is 36.4 Å². The number of anilines is 2. The van der Waals surface area contributed by atoms with E-state index in [-0.39, 0.29) is 9.79 Å². The standard InChI is InChI=1S/C26H28ClN3O5S2/c1-29(36(32,33)24-14-8-21(27)9-15-24)23-12-6-20(7-13-23)26(31)28-22-10-16-25(17-11-22)37(34,35)30-18-4-2-3-5-19-30/h6-17H,2-5,18-19H2,1H3,(H,28,31). The first kappa shape index (κ1) is 27.1. The van der Waals surface area contributed by atoms with Crippen molar-refractivity contribution in [2.45, 2.75) is 35.5 Å². The average Bonchev–Trinajstić information content (AvgIpc) is 3.19. The molecule has 0 aromatic heterocycles. The summed E-state index contributed by atoms with van der Waals surface area (Å²) in [6, 6.07) is 18.1. The largest absolute Gasteiger partial charge is 0.322 e. The van der Waals surface area contributed by atoms with Crippen LogP contribution in [0.25, 0.3) is 0 Å². The Morgan fingerprint density at radius 1 is 0.784 bits per heavy atom. The molecule has 1 fully saturated rings. The van der Waals surface area contributed by atoms with Gasteiger partial charge in [-0.3, -0.25) is 9.10 Å². The monoisotopic (exact) mass is 561 g/mol. The molecule has 1 amide bonds. The highest BCUT2D eigenvalue weighted by atomic mass is 35.5. The van der Waals surface area contributed by atoms with Gasteiger partial charge in [-0.2, -0.15) is 4.31 Å². The Morgan fingerprint density at radius 2 is 1.32 bits per heavy atom. The number of carbonyl (C=O) groups excluding carboxylic acids is 1. The molecule has 0 bridgehead atoms. The van der Waals surface area contributed by atoms with E-state index < -0.39 is 26.0 Å². The Hall–Kier alpha value is -2.92. The molecule has 0 radical (unpaired) electrons.